The van der Waals surface area contributed by atoms with Gasteiger partial charge in [0, 0.05) is 23.9 Å². The smallest absolute Gasteiger partial charge is 0.272 e. The van der Waals surface area contributed by atoms with Gasteiger partial charge in [-0.05, 0) is 6.07 Å². The van der Waals surface area contributed by atoms with Crippen molar-refractivity contribution < 1.29 is 19.1 Å². The van der Waals surface area contributed by atoms with Gasteiger partial charge < -0.3 is 19.8 Å². The molecule has 1 heterocycles. The van der Waals surface area contributed by atoms with Gasteiger partial charge in [-0.25, -0.2) is 0 Å². The zero-order valence-corrected chi connectivity index (χ0v) is 12.2. The Kier molecular flexibility index (Phi) is 4.49. The van der Waals surface area contributed by atoms with E-state index in [-0.39, 0.29) is 5.69 Å². The lowest BCUT2D eigenvalue weighted by Crippen LogP contribution is -2.13. The van der Waals surface area contributed by atoms with Crippen molar-refractivity contribution in [2.75, 3.05) is 19.5 Å². The summed E-state index contributed by atoms with van der Waals surface area (Å²) >= 11 is 5.99. The monoisotopic (exact) mass is 308 g/mol. The maximum absolute atomic E-state index is 12.1. The Balaban J connectivity index is 2.29. The highest BCUT2D eigenvalue weighted by Crippen LogP contribution is 2.36. The number of rotatable bonds is 5. The molecule has 0 radical (unpaired) electrons. The number of benzene rings is 1. The summed E-state index contributed by atoms with van der Waals surface area (Å²) in [5.41, 5.74) is 1.06. The first-order chi connectivity index (χ1) is 10.1. The molecule has 0 aliphatic heterocycles. The van der Waals surface area contributed by atoms with Crippen LogP contribution in [0.15, 0.2) is 24.4 Å². The Labute approximate surface area is 126 Å². The highest BCUT2D eigenvalue weighted by Gasteiger charge is 2.14. The van der Waals surface area contributed by atoms with Crippen LogP contribution in [0.5, 0.6) is 11.5 Å². The fourth-order valence-electron chi connectivity index (χ4n) is 1.76. The van der Waals surface area contributed by atoms with Gasteiger partial charge in [-0.2, -0.15) is 0 Å². The van der Waals surface area contributed by atoms with Gasteiger partial charge in [-0.1, -0.05) is 11.6 Å². The normalized spacial score (nSPS) is 10.0. The average molecular weight is 309 g/mol. The molecule has 0 aliphatic rings. The summed E-state index contributed by atoms with van der Waals surface area (Å²) < 4.78 is 10.3. The molecule has 1 amide bonds. The molecule has 0 saturated heterocycles. The summed E-state index contributed by atoms with van der Waals surface area (Å²) in [5, 5.41) is 3.04. The number of amides is 1. The standard InChI is InChI=1S/C14H13ClN2O4/c1-20-12-5-10(13(21-2)4-9(12)15)17-14(19)11-3-8(7-18)6-16-11/h3-7,16H,1-2H3,(H,17,19). The fraction of sp³-hybridized carbons (Fsp3) is 0.143. The highest BCUT2D eigenvalue weighted by atomic mass is 35.5. The number of carbonyl (C=O) groups is 2. The molecule has 0 spiro atoms. The van der Waals surface area contributed by atoms with Crippen molar-refractivity contribution in [1.29, 1.82) is 0 Å². The van der Waals surface area contributed by atoms with Crippen molar-refractivity contribution in [2.45, 2.75) is 0 Å². The molecule has 0 aliphatic carbocycles. The van der Waals surface area contributed by atoms with E-state index in [4.69, 9.17) is 21.1 Å². The van der Waals surface area contributed by atoms with Crippen LogP contribution in [-0.4, -0.2) is 31.4 Å². The quantitative estimate of drug-likeness (QED) is 0.832. The minimum Gasteiger partial charge on any atom is -0.495 e. The number of hydrogen-bond donors (Lipinski definition) is 2. The number of halogens is 1. The predicted octanol–water partition coefficient (Wildman–Crippen LogP) is 2.75. The van der Waals surface area contributed by atoms with Gasteiger partial charge in [0.1, 0.15) is 17.2 Å². The first kappa shape index (κ1) is 14.9. The lowest BCUT2D eigenvalue weighted by atomic mass is 10.2. The zero-order valence-electron chi connectivity index (χ0n) is 11.4. The van der Waals surface area contributed by atoms with Gasteiger partial charge in [0.25, 0.3) is 5.91 Å². The Morgan fingerprint density at radius 3 is 2.52 bits per heavy atom. The number of aldehydes is 1. The van der Waals surface area contributed by atoms with Crippen molar-refractivity contribution in [3.63, 3.8) is 0 Å². The van der Waals surface area contributed by atoms with E-state index in [1.54, 1.807) is 12.1 Å². The molecule has 1 aromatic heterocycles. The molecule has 6 nitrogen and oxygen atoms in total. The second kappa shape index (κ2) is 6.32. The molecule has 7 heteroatoms. The van der Waals surface area contributed by atoms with Crippen LogP contribution >= 0.6 is 11.6 Å². The minimum absolute atomic E-state index is 0.257. The number of ether oxygens (including phenoxy) is 2. The zero-order chi connectivity index (χ0) is 15.4. The van der Waals surface area contributed by atoms with Gasteiger partial charge in [0.15, 0.2) is 6.29 Å². The SMILES string of the molecule is COc1cc(NC(=O)c2cc(C=O)c[nH]2)c(OC)cc1Cl. The maximum atomic E-state index is 12.1. The third kappa shape index (κ3) is 3.17. The topological polar surface area (TPSA) is 80.4 Å². The lowest BCUT2D eigenvalue weighted by molar-refractivity contribution is 0.102. The Hall–Kier alpha value is -2.47. The number of aromatic amines is 1. The Morgan fingerprint density at radius 1 is 1.24 bits per heavy atom. The average Bonchev–Trinajstić information content (AvgIpc) is 2.97. The molecule has 2 rings (SSSR count). The second-order valence-corrected chi connectivity index (χ2v) is 4.51. The van der Waals surface area contributed by atoms with E-state index in [9.17, 15) is 9.59 Å². The number of methoxy groups -OCH3 is 2. The number of hydrogen-bond acceptors (Lipinski definition) is 4. The third-order valence-electron chi connectivity index (χ3n) is 2.81. The number of anilines is 1. The van der Waals surface area contributed by atoms with Gasteiger partial charge in [0.2, 0.25) is 0 Å². The van der Waals surface area contributed by atoms with Crippen LogP contribution in [0.3, 0.4) is 0 Å². The molecule has 0 unspecified atom stereocenters. The molecule has 1 aromatic carbocycles. The maximum Gasteiger partial charge on any atom is 0.272 e. The lowest BCUT2D eigenvalue weighted by Gasteiger charge is -2.12. The van der Waals surface area contributed by atoms with Crippen molar-refractivity contribution >= 4 is 29.5 Å². The summed E-state index contributed by atoms with van der Waals surface area (Å²) in [5.74, 6) is 0.398. The molecule has 21 heavy (non-hydrogen) atoms. The highest BCUT2D eigenvalue weighted by molar-refractivity contribution is 6.32. The number of nitrogens with one attached hydrogen (secondary N) is 2. The van der Waals surface area contributed by atoms with Crippen LogP contribution in [-0.2, 0) is 0 Å². The first-order valence-corrected chi connectivity index (χ1v) is 6.33. The predicted molar refractivity (Wildman–Crippen MR) is 78.7 cm³/mol. The number of aromatic nitrogens is 1. The molecule has 2 N–H and O–H groups in total. The largest absolute Gasteiger partial charge is 0.495 e. The van der Waals surface area contributed by atoms with Gasteiger partial charge in [-0.3, -0.25) is 9.59 Å². The van der Waals surface area contributed by atoms with Crippen molar-refractivity contribution in [3.05, 3.63) is 40.7 Å². The van der Waals surface area contributed by atoms with Crippen molar-refractivity contribution in [1.82, 2.24) is 4.98 Å². The summed E-state index contributed by atoms with van der Waals surface area (Å²) in [6, 6.07) is 4.55. The molecule has 110 valence electrons. The van der Waals surface area contributed by atoms with Crippen molar-refractivity contribution in [3.8, 4) is 11.5 Å². The molecule has 0 fully saturated rings. The van der Waals surface area contributed by atoms with E-state index in [2.05, 4.69) is 10.3 Å². The van der Waals surface area contributed by atoms with E-state index in [0.29, 0.717) is 34.1 Å². The fourth-order valence-corrected chi connectivity index (χ4v) is 1.99. The van der Waals surface area contributed by atoms with Crippen LogP contribution in [0.2, 0.25) is 5.02 Å². The molecule has 0 bridgehead atoms. The van der Waals surface area contributed by atoms with Crippen LogP contribution in [0.1, 0.15) is 20.8 Å². The van der Waals surface area contributed by atoms with Crippen LogP contribution in [0, 0.1) is 0 Å². The van der Waals surface area contributed by atoms with E-state index in [1.807, 2.05) is 0 Å². The molecule has 2 aromatic rings. The second-order valence-electron chi connectivity index (χ2n) is 4.11. The third-order valence-corrected chi connectivity index (χ3v) is 3.10. The van der Waals surface area contributed by atoms with Crippen molar-refractivity contribution in [2.24, 2.45) is 0 Å². The Morgan fingerprint density at radius 2 is 1.95 bits per heavy atom. The molecule has 0 atom stereocenters. The minimum atomic E-state index is -0.411. The summed E-state index contributed by atoms with van der Waals surface area (Å²) in [4.78, 5) is 25.4. The summed E-state index contributed by atoms with van der Waals surface area (Å²) in [6.45, 7) is 0. The van der Waals surface area contributed by atoms with E-state index < -0.39 is 5.91 Å². The first-order valence-electron chi connectivity index (χ1n) is 5.95. The molecular weight excluding hydrogens is 296 g/mol. The van der Waals surface area contributed by atoms with Gasteiger partial charge in [0.05, 0.1) is 24.9 Å². The van der Waals surface area contributed by atoms with Crippen LogP contribution in [0.4, 0.5) is 5.69 Å². The summed E-state index contributed by atoms with van der Waals surface area (Å²) in [6.07, 6.45) is 2.10. The Bertz CT molecular complexity index is 682. The molecule has 0 saturated carbocycles. The van der Waals surface area contributed by atoms with E-state index in [0.717, 1.165) is 0 Å². The van der Waals surface area contributed by atoms with Crippen LogP contribution in [0.25, 0.3) is 0 Å². The van der Waals surface area contributed by atoms with Gasteiger partial charge >= 0.3 is 0 Å². The number of carbonyl (C=O) groups excluding carboxylic acids is 2. The van der Waals surface area contributed by atoms with E-state index in [1.165, 1.54) is 26.5 Å². The van der Waals surface area contributed by atoms with Gasteiger partial charge in [-0.15, -0.1) is 0 Å². The van der Waals surface area contributed by atoms with Crippen LogP contribution < -0.4 is 14.8 Å². The number of H-pyrrole nitrogens is 1. The summed E-state index contributed by atoms with van der Waals surface area (Å²) in [7, 11) is 2.94. The van der Waals surface area contributed by atoms with E-state index >= 15 is 0 Å². The molecular formula is C14H13ClN2O4.